The molecule has 0 unspecified atom stereocenters. The van der Waals surface area contributed by atoms with Crippen LogP contribution in [0.2, 0.25) is 0 Å². The van der Waals surface area contributed by atoms with Crippen LogP contribution in [0.4, 0.5) is 5.82 Å². The summed E-state index contributed by atoms with van der Waals surface area (Å²) in [5.74, 6) is 0.999. The second-order valence-electron chi connectivity index (χ2n) is 7.21. The molecule has 3 rings (SSSR count). The smallest absolute Gasteiger partial charge is 0.258 e. The average Bonchev–Trinajstić information content (AvgIpc) is 3.07. The number of carbonyl (C=O) groups excluding carboxylic acids is 1. The Labute approximate surface area is 167 Å². The first-order valence-electron chi connectivity index (χ1n) is 8.60. The predicted molar refractivity (Wildman–Crippen MR) is 111 cm³/mol. The summed E-state index contributed by atoms with van der Waals surface area (Å²) >= 11 is 3.44. The Morgan fingerprint density at radius 2 is 1.81 bits per heavy atom. The number of nitrogens with one attached hydrogen (secondary N) is 1. The number of aromatic nitrogens is 2. The number of rotatable bonds is 4. The summed E-state index contributed by atoms with van der Waals surface area (Å²) in [5.41, 5.74) is 2.13. The maximum Gasteiger partial charge on any atom is 0.258 e. The summed E-state index contributed by atoms with van der Waals surface area (Å²) in [4.78, 5) is 12.9. The van der Waals surface area contributed by atoms with Crippen LogP contribution in [0.1, 0.15) is 36.8 Å². The Morgan fingerprint density at radius 1 is 1.11 bits per heavy atom. The van der Waals surface area contributed by atoms with Gasteiger partial charge in [0, 0.05) is 16.0 Å². The van der Waals surface area contributed by atoms with Gasteiger partial charge in [-0.1, -0.05) is 39.0 Å². The van der Waals surface area contributed by atoms with Gasteiger partial charge in [-0.25, -0.2) is 4.68 Å². The van der Waals surface area contributed by atoms with E-state index < -0.39 is 0 Å². The van der Waals surface area contributed by atoms with Crippen molar-refractivity contribution in [3.8, 4) is 11.4 Å². The Bertz CT molecular complexity index is 959. The molecule has 0 aliphatic carbocycles. The number of amides is 1. The van der Waals surface area contributed by atoms with Crippen molar-refractivity contribution in [3.63, 3.8) is 0 Å². The van der Waals surface area contributed by atoms with Gasteiger partial charge in [-0.15, -0.1) is 0 Å². The molecule has 0 aliphatic rings. The Morgan fingerprint density at radius 3 is 2.44 bits per heavy atom. The molecule has 5 nitrogen and oxygen atoms in total. The highest BCUT2D eigenvalue weighted by Gasteiger charge is 2.22. The van der Waals surface area contributed by atoms with Gasteiger partial charge in [0.15, 0.2) is 0 Å². The minimum Gasteiger partial charge on any atom is -0.497 e. The summed E-state index contributed by atoms with van der Waals surface area (Å²) in [6.45, 7) is 6.28. The van der Waals surface area contributed by atoms with Crippen LogP contribution < -0.4 is 10.1 Å². The van der Waals surface area contributed by atoms with Gasteiger partial charge in [-0.2, -0.15) is 5.10 Å². The van der Waals surface area contributed by atoms with Crippen molar-refractivity contribution in [1.82, 2.24) is 9.78 Å². The summed E-state index contributed by atoms with van der Waals surface area (Å²) in [6.07, 6.45) is 0. The van der Waals surface area contributed by atoms with Crippen molar-refractivity contribution in [3.05, 3.63) is 70.3 Å². The zero-order valence-corrected chi connectivity index (χ0v) is 17.4. The van der Waals surface area contributed by atoms with E-state index in [1.165, 1.54) is 0 Å². The van der Waals surface area contributed by atoms with Gasteiger partial charge in [0.2, 0.25) is 0 Å². The third-order valence-electron chi connectivity index (χ3n) is 4.14. The summed E-state index contributed by atoms with van der Waals surface area (Å²) in [7, 11) is 1.57. The van der Waals surface area contributed by atoms with Crippen LogP contribution in [-0.2, 0) is 5.41 Å². The van der Waals surface area contributed by atoms with E-state index in [4.69, 9.17) is 9.84 Å². The van der Waals surface area contributed by atoms with E-state index in [0.29, 0.717) is 21.6 Å². The zero-order chi connectivity index (χ0) is 19.6. The van der Waals surface area contributed by atoms with E-state index in [0.717, 1.165) is 11.4 Å². The molecule has 0 atom stereocenters. The van der Waals surface area contributed by atoms with Gasteiger partial charge in [0.05, 0.1) is 24.1 Å². The summed E-state index contributed by atoms with van der Waals surface area (Å²) in [5, 5.41) is 7.71. The molecule has 3 aromatic rings. The molecule has 140 valence electrons. The monoisotopic (exact) mass is 427 g/mol. The van der Waals surface area contributed by atoms with Gasteiger partial charge < -0.3 is 10.1 Å². The number of methoxy groups -OCH3 is 1. The highest BCUT2D eigenvalue weighted by atomic mass is 79.9. The van der Waals surface area contributed by atoms with Crippen molar-refractivity contribution < 1.29 is 9.53 Å². The SMILES string of the molecule is COc1ccc(Br)c(C(=O)Nc2cc(C(C)(C)C)nn2-c2ccccc2)c1. The predicted octanol–water partition coefficient (Wildman–Crippen LogP) is 5.19. The Kier molecular flexibility index (Phi) is 5.37. The van der Waals surface area contributed by atoms with Crippen molar-refractivity contribution in [2.45, 2.75) is 26.2 Å². The van der Waals surface area contributed by atoms with Gasteiger partial charge in [-0.3, -0.25) is 4.79 Å². The summed E-state index contributed by atoms with van der Waals surface area (Å²) < 4.78 is 7.69. The maximum absolute atomic E-state index is 12.9. The molecular formula is C21H22BrN3O2. The van der Waals surface area contributed by atoms with Crippen molar-refractivity contribution in [1.29, 1.82) is 0 Å². The molecule has 0 radical (unpaired) electrons. The minimum absolute atomic E-state index is 0.143. The topological polar surface area (TPSA) is 56.1 Å². The molecule has 1 heterocycles. The van der Waals surface area contributed by atoms with Crippen molar-refractivity contribution in [2.75, 3.05) is 12.4 Å². The molecule has 1 amide bonds. The van der Waals surface area contributed by atoms with Gasteiger partial charge in [-0.05, 0) is 46.3 Å². The molecule has 0 spiro atoms. The molecular weight excluding hydrogens is 406 g/mol. The lowest BCUT2D eigenvalue weighted by Gasteiger charge is -2.14. The Balaban J connectivity index is 2.01. The fourth-order valence-electron chi connectivity index (χ4n) is 2.59. The highest BCUT2D eigenvalue weighted by molar-refractivity contribution is 9.10. The van der Waals surface area contributed by atoms with Gasteiger partial charge >= 0.3 is 0 Å². The molecule has 0 aliphatic heterocycles. The van der Waals surface area contributed by atoms with E-state index in [-0.39, 0.29) is 11.3 Å². The lowest BCUT2D eigenvalue weighted by Crippen LogP contribution is -2.16. The highest BCUT2D eigenvalue weighted by Crippen LogP contribution is 2.28. The number of anilines is 1. The van der Waals surface area contributed by atoms with E-state index in [9.17, 15) is 4.79 Å². The molecule has 0 bridgehead atoms. The largest absolute Gasteiger partial charge is 0.497 e. The van der Waals surface area contributed by atoms with E-state index in [2.05, 4.69) is 42.0 Å². The molecule has 0 saturated heterocycles. The Hall–Kier alpha value is -2.60. The molecule has 0 fully saturated rings. The third-order valence-corrected chi connectivity index (χ3v) is 4.83. The van der Waals surface area contributed by atoms with Crippen molar-refractivity contribution in [2.24, 2.45) is 0 Å². The lowest BCUT2D eigenvalue weighted by atomic mass is 9.92. The fourth-order valence-corrected chi connectivity index (χ4v) is 3.02. The number of hydrogen-bond donors (Lipinski definition) is 1. The molecule has 1 aromatic heterocycles. The number of nitrogens with zero attached hydrogens (tertiary/aromatic N) is 2. The van der Waals surface area contributed by atoms with Crippen LogP contribution in [-0.4, -0.2) is 22.8 Å². The fraction of sp³-hybridized carbons (Fsp3) is 0.238. The van der Waals surface area contributed by atoms with Gasteiger partial charge in [0.25, 0.3) is 5.91 Å². The number of ether oxygens (including phenoxy) is 1. The molecule has 27 heavy (non-hydrogen) atoms. The van der Waals surface area contributed by atoms with Crippen LogP contribution in [0.5, 0.6) is 5.75 Å². The number of para-hydroxylation sites is 1. The minimum atomic E-state index is -0.238. The van der Waals surface area contributed by atoms with Crippen LogP contribution in [0.3, 0.4) is 0 Å². The van der Waals surface area contributed by atoms with Crippen LogP contribution in [0.25, 0.3) is 5.69 Å². The second kappa shape index (κ2) is 7.56. The standard InChI is InChI=1S/C21H22BrN3O2/c1-21(2,3)18-13-19(25(24-18)14-8-6-5-7-9-14)23-20(26)16-12-15(27-4)10-11-17(16)22/h5-13H,1-4H3,(H,23,26). The molecule has 6 heteroatoms. The zero-order valence-electron chi connectivity index (χ0n) is 15.8. The quantitative estimate of drug-likeness (QED) is 0.622. The van der Waals surface area contributed by atoms with Crippen LogP contribution in [0, 0.1) is 0 Å². The van der Waals surface area contributed by atoms with E-state index in [1.807, 2.05) is 36.4 Å². The van der Waals surface area contributed by atoms with E-state index >= 15 is 0 Å². The van der Waals surface area contributed by atoms with E-state index in [1.54, 1.807) is 30.0 Å². The maximum atomic E-state index is 12.9. The first kappa shape index (κ1) is 19.2. The normalized spacial score (nSPS) is 11.3. The van der Waals surface area contributed by atoms with Crippen molar-refractivity contribution >= 4 is 27.7 Å². The third kappa shape index (κ3) is 4.22. The molecule has 2 aromatic carbocycles. The van der Waals surface area contributed by atoms with Crippen LogP contribution >= 0.6 is 15.9 Å². The van der Waals surface area contributed by atoms with Crippen LogP contribution in [0.15, 0.2) is 59.1 Å². The second-order valence-corrected chi connectivity index (χ2v) is 8.07. The molecule has 0 saturated carbocycles. The first-order valence-corrected chi connectivity index (χ1v) is 9.40. The average molecular weight is 428 g/mol. The number of halogens is 1. The summed E-state index contributed by atoms with van der Waals surface area (Å²) in [6, 6.07) is 17.0. The first-order chi connectivity index (χ1) is 12.8. The number of hydrogen-bond acceptors (Lipinski definition) is 3. The lowest BCUT2D eigenvalue weighted by molar-refractivity contribution is 0.102. The molecule has 1 N–H and O–H groups in total. The number of carbonyl (C=O) groups is 1. The van der Waals surface area contributed by atoms with Gasteiger partial charge in [0.1, 0.15) is 11.6 Å². The number of benzene rings is 2.